The average Bonchev–Trinajstić information content (AvgIpc) is 3.41. The lowest BCUT2D eigenvalue weighted by Crippen LogP contribution is -2.33. The maximum absolute atomic E-state index is 13.5. The summed E-state index contributed by atoms with van der Waals surface area (Å²) in [5.74, 6) is -2.18. The van der Waals surface area contributed by atoms with E-state index in [1.54, 1.807) is 12.1 Å². The third-order valence-electron chi connectivity index (χ3n) is 7.87. The summed E-state index contributed by atoms with van der Waals surface area (Å²) in [5.41, 5.74) is 0.206. The molecule has 9 heteroatoms. The number of hydrogen-bond acceptors (Lipinski definition) is 9. The minimum absolute atomic E-state index is 0.00613. The summed E-state index contributed by atoms with van der Waals surface area (Å²) < 4.78 is 16.5. The molecule has 0 bridgehead atoms. The molecule has 0 fully saturated rings. The van der Waals surface area contributed by atoms with Crippen LogP contribution in [-0.4, -0.2) is 40.0 Å². The number of ether oxygens (including phenoxy) is 2. The van der Waals surface area contributed by atoms with Gasteiger partial charge in [-0.05, 0) is 28.5 Å². The van der Waals surface area contributed by atoms with Crippen LogP contribution >= 0.6 is 0 Å². The molecule has 0 radical (unpaired) electrons. The molecule has 2 N–H and O–H groups in total. The van der Waals surface area contributed by atoms with Crippen molar-refractivity contribution in [3.63, 3.8) is 0 Å². The summed E-state index contributed by atoms with van der Waals surface area (Å²) in [6, 6.07) is 15.3. The fourth-order valence-electron chi connectivity index (χ4n) is 5.95. The Balaban J connectivity index is 1.58. The zero-order valence-corrected chi connectivity index (χ0v) is 24.9. The van der Waals surface area contributed by atoms with Crippen molar-refractivity contribution in [2.75, 3.05) is 7.11 Å². The van der Waals surface area contributed by atoms with E-state index in [1.807, 2.05) is 58.0 Å². The molecule has 0 atom stereocenters. The number of methoxy groups -OCH3 is 1. The highest BCUT2D eigenvalue weighted by atomic mass is 16.6. The molecular formula is C34H35NO8. The van der Waals surface area contributed by atoms with Crippen LogP contribution in [0.3, 0.4) is 0 Å². The van der Waals surface area contributed by atoms with Crippen LogP contribution < -0.4 is 9.47 Å². The number of carbonyl (C=O) groups is 3. The monoisotopic (exact) mass is 585 g/mol. The van der Waals surface area contributed by atoms with Gasteiger partial charge in [-0.3, -0.25) is 9.59 Å². The van der Waals surface area contributed by atoms with Crippen molar-refractivity contribution in [1.82, 2.24) is 5.16 Å². The summed E-state index contributed by atoms with van der Waals surface area (Å²) in [5, 5.41) is 26.2. The van der Waals surface area contributed by atoms with Gasteiger partial charge >= 0.3 is 5.97 Å². The molecule has 5 rings (SSSR count). The molecule has 2 aliphatic rings. The second-order valence-electron chi connectivity index (χ2n) is 12.8. The molecule has 1 aromatic heterocycles. The van der Waals surface area contributed by atoms with E-state index in [4.69, 9.17) is 14.0 Å². The fourth-order valence-corrected chi connectivity index (χ4v) is 5.95. The van der Waals surface area contributed by atoms with E-state index >= 15 is 0 Å². The Labute approximate surface area is 249 Å². The third-order valence-corrected chi connectivity index (χ3v) is 7.87. The Morgan fingerprint density at radius 3 is 1.95 bits per heavy atom. The Morgan fingerprint density at radius 1 is 0.837 bits per heavy atom. The lowest BCUT2D eigenvalue weighted by molar-refractivity contribution is -0.119. The third kappa shape index (κ3) is 6.11. The lowest BCUT2D eigenvalue weighted by Gasteiger charge is -2.36. The van der Waals surface area contributed by atoms with Gasteiger partial charge in [0.2, 0.25) is 0 Å². The molecule has 0 saturated heterocycles. The molecule has 2 aliphatic carbocycles. The molecular weight excluding hydrogens is 550 g/mol. The van der Waals surface area contributed by atoms with Crippen LogP contribution in [0.15, 0.2) is 81.8 Å². The first-order valence-electron chi connectivity index (χ1n) is 14.1. The number of hydrogen-bond donors (Lipinski definition) is 2. The van der Waals surface area contributed by atoms with Crippen LogP contribution in [0, 0.1) is 10.8 Å². The largest absolute Gasteiger partial charge is 0.512 e. The predicted molar refractivity (Wildman–Crippen MR) is 158 cm³/mol. The summed E-state index contributed by atoms with van der Waals surface area (Å²) >= 11 is 0. The number of nitrogens with zero attached hydrogens (tertiary/aromatic N) is 1. The fraction of sp³-hybridized carbons (Fsp3) is 0.353. The van der Waals surface area contributed by atoms with E-state index in [1.165, 1.54) is 19.2 Å². The number of allylic oxidation sites excluding steroid dienone is 4. The first-order chi connectivity index (χ1) is 20.3. The van der Waals surface area contributed by atoms with Gasteiger partial charge in [-0.15, -0.1) is 0 Å². The van der Waals surface area contributed by atoms with Gasteiger partial charge < -0.3 is 24.2 Å². The number of rotatable bonds is 7. The standard InChI is InChI=1S/C34H35NO8/c1-33(2)15-22(36)30(23(37)16-33)29(31-24(38)17-34(3,4)18-25(31)39)20-11-12-26(41-5)28(13-20)42-32(40)21-14-27(43-35-21)19-9-7-6-8-10-19/h6-14,29,36,38H,15-18H2,1-5H3. The molecule has 0 unspecified atom stereocenters. The van der Waals surface area contributed by atoms with Gasteiger partial charge in [0.25, 0.3) is 0 Å². The zero-order chi connectivity index (χ0) is 31.1. The van der Waals surface area contributed by atoms with Crippen molar-refractivity contribution in [3.8, 4) is 22.8 Å². The minimum atomic E-state index is -1.08. The van der Waals surface area contributed by atoms with Crippen molar-refractivity contribution in [3.05, 3.63) is 88.5 Å². The van der Waals surface area contributed by atoms with Crippen molar-refractivity contribution in [2.24, 2.45) is 10.8 Å². The van der Waals surface area contributed by atoms with E-state index in [0.29, 0.717) is 11.3 Å². The van der Waals surface area contributed by atoms with Gasteiger partial charge in [0.15, 0.2) is 34.5 Å². The summed E-state index contributed by atoms with van der Waals surface area (Å²) in [6.07, 6.45) is 0.771. The highest BCUT2D eigenvalue weighted by molar-refractivity contribution is 6.05. The number of aliphatic hydroxyl groups excluding tert-OH is 2. The van der Waals surface area contributed by atoms with Gasteiger partial charge in [0, 0.05) is 54.4 Å². The minimum Gasteiger partial charge on any atom is -0.512 e. The Kier molecular flexibility index (Phi) is 7.77. The number of esters is 1. The lowest BCUT2D eigenvalue weighted by atomic mass is 9.67. The van der Waals surface area contributed by atoms with E-state index in [-0.39, 0.29) is 77.1 Å². The molecule has 0 amide bonds. The van der Waals surface area contributed by atoms with Crippen molar-refractivity contribution in [1.29, 1.82) is 0 Å². The van der Waals surface area contributed by atoms with Crippen molar-refractivity contribution < 1.29 is 38.6 Å². The normalized spacial score (nSPS) is 18.3. The van der Waals surface area contributed by atoms with Crippen LogP contribution in [0.25, 0.3) is 11.3 Å². The first kappa shape index (κ1) is 29.8. The van der Waals surface area contributed by atoms with Gasteiger partial charge in [-0.1, -0.05) is 69.2 Å². The molecule has 43 heavy (non-hydrogen) atoms. The maximum atomic E-state index is 13.5. The highest BCUT2D eigenvalue weighted by Crippen LogP contribution is 2.49. The Hall–Kier alpha value is -4.66. The Morgan fingerprint density at radius 2 is 1.42 bits per heavy atom. The number of aliphatic hydroxyl groups is 2. The molecule has 224 valence electrons. The van der Waals surface area contributed by atoms with Crippen LogP contribution in [0.4, 0.5) is 0 Å². The smallest absolute Gasteiger partial charge is 0.366 e. The van der Waals surface area contributed by atoms with Crippen molar-refractivity contribution in [2.45, 2.75) is 59.3 Å². The van der Waals surface area contributed by atoms with Crippen LogP contribution in [0.1, 0.15) is 75.3 Å². The molecule has 2 aromatic carbocycles. The summed E-state index contributed by atoms with van der Waals surface area (Å²) in [7, 11) is 1.41. The first-order valence-corrected chi connectivity index (χ1v) is 14.1. The number of aromatic nitrogens is 1. The number of benzene rings is 2. The summed E-state index contributed by atoms with van der Waals surface area (Å²) in [6.45, 7) is 7.54. The molecule has 1 heterocycles. The van der Waals surface area contributed by atoms with Crippen LogP contribution in [-0.2, 0) is 9.59 Å². The van der Waals surface area contributed by atoms with Crippen LogP contribution in [0.5, 0.6) is 11.5 Å². The molecule has 0 spiro atoms. The molecule has 0 aliphatic heterocycles. The molecule has 9 nitrogen and oxygen atoms in total. The van der Waals surface area contributed by atoms with Gasteiger partial charge in [-0.25, -0.2) is 4.79 Å². The predicted octanol–water partition coefficient (Wildman–Crippen LogP) is 7.06. The van der Waals surface area contributed by atoms with Crippen molar-refractivity contribution >= 4 is 17.5 Å². The maximum Gasteiger partial charge on any atom is 0.366 e. The molecule has 0 saturated carbocycles. The average molecular weight is 586 g/mol. The van der Waals surface area contributed by atoms with Gasteiger partial charge in [0.1, 0.15) is 11.5 Å². The second kappa shape index (κ2) is 11.2. The topological polar surface area (TPSA) is 136 Å². The molecule has 3 aromatic rings. The van der Waals surface area contributed by atoms with Crippen LogP contribution in [0.2, 0.25) is 0 Å². The SMILES string of the molecule is COc1ccc(C(C2=C(O)CC(C)(C)CC2=O)C2=C(O)CC(C)(C)CC2=O)cc1OC(=O)c1cc(-c2ccccc2)on1. The quantitative estimate of drug-likeness (QED) is 0.221. The van der Waals surface area contributed by atoms with Gasteiger partial charge in [-0.2, -0.15) is 0 Å². The zero-order valence-electron chi connectivity index (χ0n) is 24.9. The van der Waals surface area contributed by atoms with E-state index in [0.717, 1.165) is 5.56 Å². The highest BCUT2D eigenvalue weighted by Gasteiger charge is 2.44. The number of Topliss-reactive ketones (excluding diaryl/α,β-unsaturated/α-hetero) is 2. The van der Waals surface area contributed by atoms with E-state index < -0.39 is 22.7 Å². The van der Waals surface area contributed by atoms with E-state index in [2.05, 4.69) is 5.16 Å². The van der Waals surface area contributed by atoms with Gasteiger partial charge in [0.05, 0.1) is 7.11 Å². The number of carbonyl (C=O) groups excluding carboxylic acids is 3. The number of ketones is 2. The second-order valence-corrected chi connectivity index (χ2v) is 12.8. The summed E-state index contributed by atoms with van der Waals surface area (Å²) in [4.78, 5) is 40.2. The Bertz CT molecular complexity index is 1610. The van der Waals surface area contributed by atoms with E-state index in [9.17, 15) is 24.6 Å².